The van der Waals surface area contributed by atoms with Gasteiger partial charge in [0.25, 0.3) is 0 Å². The summed E-state index contributed by atoms with van der Waals surface area (Å²) < 4.78 is 7.48. The summed E-state index contributed by atoms with van der Waals surface area (Å²) in [5.41, 5.74) is 4.45. The Kier molecular flexibility index (Phi) is 8.19. The van der Waals surface area contributed by atoms with Gasteiger partial charge in [0.05, 0.1) is 18.5 Å². The number of ether oxygens (including phenoxy) is 1. The zero-order valence-electron chi connectivity index (χ0n) is 20.0. The number of benzene rings is 3. The number of hydrogen-bond donors (Lipinski definition) is 2. The molecule has 184 valence electrons. The van der Waals surface area contributed by atoms with E-state index in [0.717, 1.165) is 41.5 Å². The minimum absolute atomic E-state index is 0.163. The first-order valence-electron chi connectivity index (χ1n) is 12.0. The smallest absolute Gasteiger partial charge is 0.323 e. The third-order valence-electron chi connectivity index (χ3n) is 5.97. The standard InChI is InChI=1S/C30H29NO5/c32-28(33)19-25-20-31(21-29(34)35)30-24(10-6-11-27(25)30)15-12-23-13-16-26(17-14-23)36-18-5-4-9-22-7-2-1-3-8-22/h1-3,6-8,10-17,20H,4-5,9,18-19,21H2,(H,32,33)(H,34,35). The molecule has 0 fully saturated rings. The summed E-state index contributed by atoms with van der Waals surface area (Å²) in [6, 6.07) is 23.9. The van der Waals surface area contributed by atoms with Gasteiger partial charge in [-0.3, -0.25) is 9.59 Å². The van der Waals surface area contributed by atoms with Crippen molar-refractivity contribution in [2.75, 3.05) is 6.61 Å². The van der Waals surface area contributed by atoms with Crippen molar-refractivity contribution in [2.45, 2.75) is 32.2 Å². The van der Waals surface area contributed by atoms with Crippen LogP contribution in [-0.4, -0.2) is 33.3 Å². The number of aromatic nitrogens is 1. The number of carbonyl (C=O) groups is 2. The van der Waals surface area contributed by atoms with E-state index in [2.05, 4.69) is 24.3 Å². The molecule has 36 heavy (non-hydrogen) atoms. The highest BCUT2D eigenvalue weighted by Gasteiger charge is 2.15. The number of para-hydroxylation sites is 1. The van der Waals surface area contributed by atoms with Crippen LogP contribution in [0.2, 0.25) is 0 Å². The fraction of sp³-hybridized carbons (Fsp3) is 0.200. The van der Waals surface area contributed by atoms with Crippen molar-refractivity contribution in [1.82, 2.24) is 4.57 Å². The number of hydrogen-bond acceptors (Lipinski definition) is 3. The summed E-state index contributed by atoms with van der Waals surface area (Å²) in [5, 5.41) is 19.3. The first-order chi connectivity index (χ1) is 17.5. The van der Waals surface area contributed by atoms with E-state index in [1.165, 1.54) is 5.56 Å². The zero-order chi connectivity index (χ0) is 25.3. The van der Waals surface area contributed by atoms with E-state index < -0.39 is 11.9 Å². The van der Waals surface area contributed by atoms with Gasteiger partial charge < -0.3 is 19.5 Å². The molecule has 0 amide bonds. The van der Waals surface area contributed by atoms with Gasteiger partial charge in [-0.1, -0.05) is 72.8 Å². The van der Waals surface area contributed by atoms with E-state index >= 15 is 0 Å². The van der Waals surface area contributed by atoms with E-state index in [1.54, 1.807) is 10.8 Å². The van der Waals surface area contributed by atoms with Crippen LogP contribution in [0, 0.1) is 0 Å². The molecule has 6 nitrogen and oxygen atoms in total. The SMILES string of the molecule is O=C(O)Cc1cn(CC(=O)O)c2c(C=Cc3ccc(OCCCCc4ccccc4)cc3)cccc12. The Balaban J connectivity index is 1.40. The number of unbranched alkanes of at least 4 members (excludes halogenated alkanes) is 1. The minimum Gasteiger partial charge on any atom is -0.494 e. The molecule has 1 aromatic heterocycles. The minimum atomic E-state index is -0.983. The van der Waals surface area contributed by atoms with Crippen LogP contribution < -0.4 is 4.74 Å². The summed E-state index contributed by atoms with van der Waals surface area (Å²) in [6.07, 6.45) is 8.45. The normalized spacial score (nSPS) is 11.2. The van der Waals surface area contributed by atoms with E-state index in [0.29, 0.717) is 17.7 Å². The Morgan fingerprint density at radius 2 is 1.61 bits per heavy atom. The lowest BCUT2D eigenvalue weighted by Gasteiger charge is -2.07. The molecule has 0 aliphatic carbocycles. The molecule has 4 rings (SSSR count). The van der Waals surface area contributed by atoms with Crippen molar-refractivity contribution >= 4 is 35.0 Å². The molecule has 0 saturated carbocycles. The van der Waals surface area contributed by atoms with Crippen molar-refractivity contribution in [3.8, 4) is 5.75 Å². The fourth-order valence-electron chi connectivity index (χ4n) is 4.30. The van der Waals surface area contributed by atoms with Gasteiger partial charge in [0, 0.05) is 11.6 Å². The number of carboxylic acid groups (broad SMARTS) is 2. The Morgan fingerprint density at radius 3 is 2.33 bits per heavy atom. The molecule has 0 bridgehead atoms. The summed E-state index contributed by atoms with van der Waals surface area (Å²) in [6.45, 7) is 0.432. The molecule has 2 N–H and O–H groups in total. The van der Waals surface area contributed by atoms with Crippen LogP contribution in [0.1, 0.15) is 35.1 Å². The molecule has 0 radical (unpaired) electrons. The summed E-state index contributed by atoms with van der Waals surface area (Å²) >= 11 is 0. The predicted molar refractivity (Wildman–Crippen MR) is 141 cm³/mol. The van der Waals surface area contributed by atoms with Crippen LogP contribution in [0.4, 0.5) is 0 Å². The molecule has 0 saturated heterocycles. The van der Waals surface area contributed by atoms with Crippen LogP contribution in [0.3, 0.4) is 0 Å². The van der Waals surface area contributed by atoms with Gasteiger partial charge in [0.15, 0.2) is 0 Å². The highest BCUT2D eigenvalue weighted by Crippen LogP contribution is 2.27. The maximum atomic E-state index is 11.4. The second-order valence-electron chi connectivity index (χ2n) is 8.68. The highest BCUT2D eigenvalue weighted by atomic mass is 16.5. The van der Waals surface area contributed by atoms with Crippen LogP contribution in [-0.2, 0) is 29.0 Å². The van der Waals surface area contributed by atoms with Crippen LogP contribution in [0.15, 0.2) is 79.0 Å². The zero-order valence-corrected chi connectivity index (χ0v) is 20.0. The Hall–Kier alpha value is -4.32. The van der Waals surface area contributed by atoms with Crippen LogP contribution >= 0.6 is 0 Å². The third kappa shape index (κ3) is 6.63. The van der Waals surface area contributed by atoms with E-state index in [1.807, 2.05) is 60.7 Å². The Morgan fingerprint density at radius 1 is 0.833 bits per heavy atom. The number of aliphatic carboxylic acids is 2. The van der Waals surface area contributed by atoms with Gasteiger partial charge in [-0.05, 0) is 53.6 Å². The van der Waals surface area contributed by atoms with Crippen LogP contribution in [0.25, 0.3) is 23.1 Å². The van der Waals surface area contributed by atoms with Crippen molar-refractivity contribution in [2.24, 2.45) is 0 Å². The first-order valence-corrected chi connectivity index (χ1v) is 12.0. The molecule has 0 unspecified atom stereocenters. The lowest BCUT2D eigenvalue weighted by Crippen LogP contribution is -2.08. The van der Waals surface area contributed by atoms with Gasteiger partial charge in [-0.2, -0.15) is 0 Å². The van der Waals surface area contributed by atoms with Crippen molar-refractivity contribution in [1.29, 1.82) is 0 Å². The topological polar surface area (TPSA) is 88.8 Å². The number of fused-ring (bicyclic) bond motifs is 1. The maximum Gasteiger partial charge on any atom is 0.323 e. The van der Waals surface area contributed by atoms with Gasteiger partial charge >= 0.3 is 11.9 Å². The maximum absolute atomic E-state index is 11.4. The molecular weight excluding hydrogens is 454 g/mol. The average molecular weight is 484 g/mol. The molecule has 0 aliphatic heterocycles. The molecule has 0 aliphatic rings. The second-order valence-corrected chi connectivity index (χ2v) is 8.68. The van der Waals surface area contributed by atoms with Gasteiger partial charge in [-0.15, -0.1) is 0 Å². The molecular formula is C30H29NO5. The fourth-order valence-corrected chi connectivity index (χ4v) is 4.30. The van der Waals surface area contributed by atoms with Crippen molar-refractivity contribution in [3.63, 3.8) is 0 Å². The van der Waals surface area contributed by atoms with Gasteiger partial charge in [-0.25, -0.2) is 0 Å². The van der Waals surface area contributed by atoms with Gasteiger partial charge in [0.1, 0.15) is 12.3 Å². The van der Waals surface area contributed by atoms with E-state index in [4.69, 9.17) is 4.74 Å². The molecule has 3 aromatic carbocycles. The van der Waals surface area contributed by atoms with Crippen LogP contribution in [0.5, 0.6) is 5.75 Å². The largest absolute Gasteiger partial charge is 0.494 e. The second kappa shape index (κ2) is 11.9. The molecule has 1 heterocycles. The molecule has 0 atom stereocenters. The number of carboxylic acids is 2. The van der Waals surface area contributed by atoms with Crippen molar-refractivity contribution in [3.05, 3.63) is 101 Å². The molecule has 4 aromatic rings. The van der Waals surface area contributed by atoms with Crippen molar-refractivity contribution < 1.29 is 24.5 Å². The summed E-state index contributed by atoms with van der Waals surface area (Å²) in [5.74, 6) is -1.12. The lowest BCUT2D eigenvalue weighted by molar-refractivity contribution is -0.138. The summed E-state index contributed by atoms with van der Waals surface area (Å²) in [7, 11) is 0. The Bertz CT molecular complexity index is 1350. The summed E-state index contributed by atoms with van der Waals surface area (Å²) in [4.78, 5) is 22.7. The first kappa shape index (κ1) is 24.8. The highest BCUT2D eigenvalue weighted by molar-refractivity contribution is 5.95. The molecule has 6 heteroatoms. The average Bonchev–Trinajstić information content (AvgIpc) is 3.20. The Labute approximate surface area is 210 Å². The van der Waals surface area contributed by atoms with Gasteiger partial charge in [0.2, 0.25) is 0 Å². The number of aryl methyl sites for hydroxylation is 1. The van der Waals surface area contributed by atoms with E-state index in [9.17, 15) is 19.8 Å². The predicted octanol–water partition coefficient (Wildman–Crippen LogP) is 5.93. The molecule has 0 spiro atoms. The monoisotopic (exact) mass is 483 g/mol. The third-order valence-corrected chi connectivity index (χ3v) is 5.97. The lowest BCUT2D eigenvalue weighted by atomic mass is 10.1. The quantitative estimate of drug-likeness (QED) is 0.193. The van der Waals surface area contributed by atoms with E-state index in [-0.39, 0.29) is 13.0 Å². The number of rotatable bonds is 12. The number of nitrogens with zero attached hydrogens (tertiary/aromatic N) is 1.